The third-order valence-corrected chi connectivity index (χ3v) is 4.84. The van der Waals surface area contributed by atoms with Gasteiger partial charge >= 0.3 is 0 Å². The second kappa shape index (κ2) is 5.60. The number of nitrogens with zero attached hydrogens (tertiary/aromatic N) is 1. The van der Waals surface area contributed by atoms with Crippen LogP contribution in [-0.2, 0) is 13.0 Å². The molecular weight excluding hydrogens is 270 g/mol. The average Bonchev–Trinajstić information content (AvgIpc) is 2.50. The summed E-state index contributed by atoms with van der Waals surface area (Å²) in [6.45, 7) is 9.90. The van der Waals surface area contributed by atoms with Crippen LogP contribution >= 0.6 is 0 Å². The first-order valence-corrected chi connectivity index (χ1v) is 7.91. The Morgan fingerprint density at radius 1 is 0.955 bits per heavy atom. The van der Waals surface area contributed by atoms with Crippen molar-refractivity contribution >= 4 is 5.91 Å². The molecule has 0 bridgehead atoms. The smallest absolute Gasteiger partial charge is 0.254 e. The molecule has 0 N–H and O–H groups in total. The molecule has 0 radical (unpaired) electrons. The first kappa shape index (κ1) is 14.8. The van der Waals surface area contributed by atoms with Crippen molar-refractivity contribution in [1.82, 2.24) is 4.90 Å². The summed E-state index contributed by atoms with van der Waals surface area (Å²) in [5.41, 5.74) is 8.40. The molecule has 1 heterocycles. The number of amides is 1. The van der Waals surface area contributed by atoms with E-state index < -0.39 is 0 Å². The predicted octanol–water partition coefficient (Wildman–Crippen LogP) is 4.12. The van der Waals surface area contributed by atoms with Crippen LogP contribution in [0.4, 0.5) is 0 Å². The lowest BCUT2D eigenvalue weighted by molar-refractivity contribution is 0.0734. The fourth-order valence-electron chi connectivity index (χ4n) is 3.20. The number of benzene rings is 2. The van der Waals surface area contributed by atoms with Crippen LogP contribution in [0.1, 0.15) is 43.7 Å². The second-order valence-electron chi connectivity index (χ2n) is 6.48. The maximum atomic E-state index is 12.8. The molecule has 0 atom stereocenters. The molecule has 2 aromatic carbocycles. The zero-order valence-electron chi connectivity index (χ0n) is 13.9. The summed E-state index contributed by atoms with van der Waals surface area (Å²) in [4.78, 5) is 14.8. The van der Waals surface area contributed by atoms with Gasteiger partial charge in [-0.25, -0.2) is 0 Å². The predicted molar refractivity (Wildman–Crippen MR) is 90.3 cm³/mol. The number of hydrogen-bond acceptors (Lipinski definition) is 1. The van der Waals surface area contributed by atoms with Gasteiger partial charge in [-0.3, -0.25) is 4.79 Å². The molecule has 114 valence electrons. The summed E-state index contributed by atoms with van der Waals surface area (Å²) in [5, 5.41) is 0. The fourth-order valence-corrected chi connectivity index (χ4v) is 3.20. The number of fused-ring (bicyclic) bond motifs is 1. The number of hydrogen-bond donors (Lipinski definition) is 0. The Kier molecular flexibility index (Phi) is 3.78. The monoisotopic (exact) mass is 293 g/mol. The summed E-state index contributed by atoms with van der Waals surface area (Å²) in [6.07, 6.45) is 0.950. The van der Waals surface area contributed by atoms with Gasteiger partial charge in [0, 0.05) is 18.7 Å². The summed E-state index contributed by atoms with van der Waals surface area (Å²) in [7, 11) is 0. The zero-order chi connectivity index (χ0) is 15.9. The molecule has 22 heavy (non-hydrogen) atoms. The minimum absolute atomic E-state index is 0.151. The van der Waals surface area contributed by atoms with Crippen molar-refractivity contribution < 1.29 is 4.79 Å². The van der Waals surface area contributed by atoms with E-state index >= 15 is 0 Å². The molecule has 0 aromatic heterocycles. The lowest BCUT2D eigenvalue weighted by atomic mass is 9.96. The van der Waals surface area contributed by atoms with Crippen molar-refractivity contribution in [3.05, 3.63) is 69.3 Å². The van der Waals surface area contributed by atoms with E-state index in [1.54, 1.807) is 0 Å². The molecule has 1 aliphatic rings. The standard InChI is InChI=1S/C20H23NO/c1-13-5-6-17-7-8-21(12-19(17)9-13)20(22)18-10-14(2)16(4)15(3)11-18/h5-6,9-11H,7-8,12H2,1-4H3. The van der Waals surface area contributed by atoms with Gasteiger partial charge in [-0.2, -0.15) is 0 Å². The number of carbonyl (C=O) groups excluding carboxylic acids is 1. The number of aryl methyl sites for hydroxylation is 3. The van der Waals surface area contributed by atoms with Gasteiger partial charge < -0.3 is 4.90 Å². The number of rotatable bonds is 1. The summed E-state index contributed by atoms with van der Waals surface area (Å²) < 4.78 is 0. The van der Waals surface area contributed by atoms with Crippen molar-refractivity contribution in [3.63, 3.8) is 0 Å². The van der Waals surface area contributed by atoms with E-state index in [9.17, 15) is 4.79 Å². The Bertz CT molecular complexity index is 722. The van der Waals surface area contributed by atoms with Gasteiger partial charge in [-0.1, -0.05) is 23.8 Å². The highest BCUT2D eigenvalue weighted by molar-refractivity contribution is 5.95. The SMILES string of the molecule is Cc1ccc2c(c1)CN(C(=O)c1cc(C)c(C)c(C)c1)CC2. The van der Waals surface area contributed by atoms with Gasteiger partial charge in [-0.05, 0) is 74.1 Å². The average molecular weight is 293 g/mol. The maximum Gasteiger partial charge on any atom is 0.254 e. The lowest BCUT2D eigenvalue weighted by Crippen LogP contribution is -2.36. The Morgan fingerprint density at radius 2 is 1.64 bits per heavy atom. The van der Waals surface area contributed by atoms with Crippen LogP contribution in [-0.4, -0.2) is 17.4 Å². The van der Waals surface area contributed by atoms with E-state index in [1.807, 2.05) is 17.0 Å². The second-order valence-corrected chi connectivity index (χ2v) is 6.48. The van der Waals surface area contributed by atoms with Crippen LogP contribution in [0.2, 0.25) is 0 Å². The molecule has 0 unspecified atom stereocenters. The normalized spacial score (nSPS) is 13.9. The first-order chi connectivity index (χ1) is 10.5. The van der Waals surface area contributed by atoms with E-state index in [-0.39, 0.29) is 5.91 Å². The summed E-state index contributed by atoms with van der Waals surface area (Å²) >= 11 is 0. The van der Waals surface area contributed by atoms with Crippen LogP contribution in [0, 0.1) is 27.7 Å². The molecular formula is C20H23NO. The van der Waals surface area contributed by atoms with Crippen LogP contribution in [0.3, 0.4) is 0 Å². The van der Waals surface area contributed by atoms with E-state index in [1.165, 1.54) is 33.4 Å². The molecule has 2 heteroatoms. The largest absolute Gasteiger partial charge is 0.334 e. The van der Waals surface area contributed by atoms with Gasteiger partial charge in [0.25, 0.3) is 5.91 Å². The Hall–Kier alpha value is -2.09. The van der Waals surface area contributed by atoms with Crippen LogP contribution in [0.25, 0.3) is 0 Å². The van der Waals surface area contributed by atoms with Crippen LogP contribution in [0.5, 0.6) is 0 Å². The molecule has 0 spiro atoms. The molecule has 1 amide bonds. The van der Waals surface area contributed by atoms with E-state index in [0.717, 1.165) is 25.1 Å². The number of carbonyl (C=O) groups is 1. The van der Waals surface area contributed by atoms with Crippen molar-refractivity contribution in [2.45, 2.75) is 40.7 Å². The Morgan fingerprint density at radius 3 is 2.32 bits per heavy atom. The minimum atomic E-state index is 0.151. The minimum Gasteiger partial charge on any atom is -0.334 e. The van der Waals surface area contributed by atoms with E-state index in [0.29, 0.717) is 0 Å². The van der Waals surface area contributed by atoms with Gasteiger partial charge in [0.05, 0.1) is 0 Å². The summed E-state index contributed by atoms with van der Waals surface area (Å²) in [6, 6.07) is 10.6. The highest BCUT2D eigenvalue weighted by Crippen LogP contribution is 2.23. The molecule has 2 aromatic rings. The highest BCUT2D eigenvalue weighted by atomic mass is 16.2. The fraction of sp³-hybridized carbons (Fsp3) is 0.350. The lowest BCUT2D eigenvalue weighted by Gasteiger charge is -2.29. The third kappa shape index (κ3) is 2.66. The van der Waals surface area contributed by atoms with Crippen molar-refractivity contribution in [2.24, 2.45) is 0 Å². The molecule has 0 aliphatic carbocycles. The first-order valence-electron chi connectivity index (χ1n) is 7.91. The van der Waals surface area contributed by atoms with Gasteiger partial charge in [0.1, 0.15) is 0 Å². The molecule has 3 rings (SSSR count). The zero-order valence-corrected chi connectivity index (χ0v) is 13.9. The van der Waals surface area contributed by atoms with Crippen molar-refractivity contribution in [1.29, 1.82) is 0 Å². The highest BCUT2D eigenvalue weighted by Gasteiger charge is 2.22. The topological polar surface area (TPSA) is 20.3 Å². The van der Waals surface area contributed by atoms with E-state index in [2.05, 4.69) is 45.9 Å². The maximum absolute atomic E-state index is 12.8. The van der Waals surface area contributed by atoms with Gasteiger partial charge in [-0.15, -0.1) is 0 Å². The van der Waals surface area contributed by atoms with Gasteiger partial charge in [0.2, 0.25) is 0 Å². The quantitative estimate of drug-likeness (QED) is 0.774. The summed E-state index contributed by atoms with van der Waals surface area (Å²) in [5.74, 6) is 0.151. The van der Waals surface area contributed by atoms with E-state index in [4.69, 9.17) is 0 Å². The van der Waals surface area contributed by atoms with Gasteiger partial charge in [0.15, 0.2) is 0 Å². The molecule has 0 saturated heterocycles. The third-order valence-electron chi connectivity index (χ3n) is 4.84. The molecule has 2 nitrogen and oxygen atoms in total. The molecule has 0 saturated carbocycles. The van der Waals surface area contributed by atoms with Crippen LogP contribution < -0.4 is 0 Å². The Balaban J connectivity index is 1.88. The molecule has 0 fully saturated rings. The van der Waals surface area contributed by atoms with Crippen molar-refractivity contribution in [3.8, 4) is 0 Å². The Labute approximate surface area is 132 Å². The molecule has 1 aliphatic heterocycles. The van der Waals surface area contributed by atoms with Crippen LogP contribution in [0.15, 0.2) is 30.3 Å². The van der Waals surface area contributed by atoms with Crippen molar-refractivity contribution in [2.75, 3.05) is 6.54 Å².